The topological polar surface area (TPSA) is 75.9 Å². The highest BCUT2D eigenvalue weighted by Gasteiger charge is 2.35. The number of benzene rings is 1. The lowest BCUT2D eigenvalue weighted by atomic mass is 10.0. The van der Waals surface area contributed by atoms with E-state index in [1.54, 1.807) is 29.9 Å². The molecule has 3 rings (SSSR count). The molecule has 1 aromatic heterocycles. The minimum Gasteiger partial charge on any atom is -0.496 e. The lowest BCUT2D eigenvalue weighted by Gasteiger charge is -2.41. The Hall–Kier alpha value is -2.83. The number of hydrogen-bond acceptors (Lipinski definition) is 5. The van der Waals surface area contributed by atoms with E-state index in [9.17, 15) is 9.59 Å². The van der Waals surface area contributed by atoms with Crippen molar-refractivity contribution in [1.82, 2.24) is 15.0 Å². The molecule has 1 atom stereocenters. The van der Waals surface area contributed by atoms with Crippen molar-refractivity contribution in [2.45, 2.75) is 19.9 Å². The number of carbonyl (C=O) groups is 2. The summed E-state index contributed by atoms with van der Waals surface area (Å²) in [6.07, 6.45) is 0. The van der Waals surface area contributed by atoms with Gasteiger partial charge in [-0.1, -0.05) is 23.4 Å². The Balaban J connectivity index is 1.97. The van der Waals surface area contributed by atoms with E-state index in [2.05, 4.69) is 5.16 Å². The first kappa shape index (κ1) is 17.0. The average Bonchev–Trinajstić information content (AvgIpc) is 3.07. The lowest BCUT2D eigenvalue weighted by molar-refractivity contribution is -0.131. The van der Waals surface area contributed by atoms with Crippen LogP contribution in [0.25, 0.3) is 0 Å². The van der Waals surface area contributed by atoms with Crippen LogP contribution < -0.4 is 4.74 Å². The quantitative estimate of drug-likeness (QED) is 0.852. The van der Waals surface area contributed by atoms with Gasteiger partial charge in [0.1, 0.15) is 11.5 Å². The van der Waals surface area contributed by atoms with E-state index < -0.39 is 0 Å². The molecule has 2 heterocycles. The minimum atomic E-state index is -0.307. The Labute approximate surface area is 146 Å². The third-order valence-corrected chi connectivity index (χ3v) is 4.43. The third kappa shape index (κ3) is 3.35. The van der Waals surface area contributed by atoms with Crippen LogP contribution in [0.1, 0.15) is 34.8 Å². The number of methoxy groups -OCH3 is 1. The van der Waals surface area contributed by atoms with Gasteiger partial charge in [0, 0.05) is 38.2 Å². The zero-order chi connectivity index (χ0) is 18.0. The lowest BCUT2D eigenvalue weighted by Crippen LogP contribution is -2.52. The molecule has 1 aliphatic rings. The van der Waals surface area contributed by atoms with Crippen LogP contribution in [-0.2, 0) is 4.79 Å². The molecule has 0 radical (unpaired) electrons. The van der Waals surface area contributed by atoms with E-state index in [0.717, 1.165) is 5.56 Å². The molecule has 2 amide bonds. The first-order chi connectivity index (χ1) is 12.0. The van der Waals surface area contributed by atoms with Crippen molar-refractivity contribution in [3.63, 3.8) is 0 Å². The van der Waals surface area contributed by atoms with Gasteiger partial charge in [-0.3, -0.25) is 9.59 Å². The number of aromatic nitrogens is 1. The number of amides is 2. The van der Waals surface area contributed by atoms with Gasteiger partial charge in [0.15, 0.2) is 5.69 Å². The molecule has 1 aliphatic heterocycles. The van der Waals surface area contributed by atoms with Crippen molar-refractivity contribution in [3.8, 4) is 5.75 Å². The van der Waals surface area contributed by atoms with Crippen LogP contribution >= 0.6 is 0 Å². The highest BCUT2D eigenvalue weighted by molar-refractivity contribution is 5.93. The Bertz CT molecular complexity index is 786. The SMILES string of the molecule is COc1ccccc1[C@@H]1CN(C(C)=O)CCN1C(=O)c1cc(C)on1. The second kappa shape index (κ2) is 6.96. The molecule has 25 heavy (non-hydrogen) atoms. The number of carbonyl (C=O) groups excluding carboxylic acids is 2. The summed E-state index contributed by atoms with van der Waals surface area (Å²) in [5, 5.41) is 3.84. The Morgan fingerprint density at radius 1 is 1.28 bits per heavy atom. The van der Waals surface area contributed by atoms with Gasteiger partial charge >= 0.3 is 0 Å². The summed E-state index contributed by atoms with van der Waals surface area (Å²) in [6.45, 7) is 4.61. The first-order valence-electron chi connectivity index (χ1n) is 8.14. The van der Waals surface area contributed by atoms with Crippen molar-refractivity contribution < 1.29 is 18.8 Å². The zero-order valence-electron chi connectivity index (χ0n) is 14.6. The minimum absolute atomic E-state index is 0.00993. The van der Waals surface area contributed by atoms with Crippen LogP contribution in [0.4, 0.5) is 0 Å². The van der Waals surface area contributed by atoms with E-state index in [1.165, 1.54) is 6.92 Å². The molecule has 1 aromatic carbocycles. The van der Waals surface area contributed by atoms with Crippen LogP contribution in [0.15, 0.2) is 34.9 Å². The third-order valence-electron chi connectivity index (χ3n) is 4.43. The predicted molar refractivity (Wildman–Crippen MR) is 90.3 cm³/mol. The number of para-hydroxylation sites is 1. The van der Waals surface area contributed by atoms with E-state index >= 15 is 0 Å². The van der Waals surface area contributed by atoms with Gasteiger partial charge in [-0.25, -0.2) is 0 Å². The predicted octanol–water partition coefficient (Wildman–Crippen LogP) is 2.04. The van der Waals surface area contributed by atoms with Gasteiger partial charge in [0.2, 0.25) is 5.91 Å². The summed E-state index contributed by atoms with van der Waals surface area (Å²) in [5.41, 5.74) is 1.14. The Morgan fingerprint density at radius 3 is 2.68 bits per heavy atom. The van der Waals surface area contributed by atoms with Crippen molar-refractivity contribution in [2.75, 3.05) is 26.7 Å². The monoisotopic (exact) mass is 343 g/mol. The maximum Gasteiger partial charge on any atom is 0.276 e. The number of hydrogen-bond donors (Lipinski definition) is 0. The van der Waals surface area contributed by atoms with Gasteiger partial charge < -0.3 is 19.1 Å². The summed E-state index contributed by atoms with van der Waals surface area (Å²) >= 11 is 0. The molecular formula is C18H21N3O4. The molecule has 1 saturated heterocycles. The summed E-state index contributed by atoms with van der Waals surface area (Å²) in [5.74, 6) is 1.05. The molecule has 0 saturated carbocycles. The molecule has 1 fully saturated rings. The van der Waals surface area contributed by atoms with Crippen LogP contribution in [0.5, 0.6) is 5.75 Å². The molecule has 0 bridgehead atoms. The first-order valence-corrected chi connectivity index (χ1v) is 8.14. The van der Waals surface area contributed by atoms with Gasteiger partial charge in [0.25, 0.3) is 5.91 Å². The van der Waals surface area contributed by atoms with Gasteiger partial charge in [-0.2, -0.15) is 0 Å². The fourth-order valence-electron chi connectivity index (χ4n) is 3.13. The Morgan fingerprint density at radius 2 is 2.04 bits per heavy atom. The van der Waals surface area contributed by atoms with Gasteiger partial charge in [-0.15, -0.1) is 0 Å². The molecule has 0 spiro atoms. The smallest absolute Gasteiger partial charge is 0.276 e. The normalized spacial score (nSPS) is 17.5. The summed E-state index contributed by atoms with van der Waals surface area (Å²) in [7, 11) is 1.59. The van der Waals surface area contributed by atoms with Gasteiger partial charge in [-0.05, 0) is 13.0 Å². The Kier molecular flexibility index (Phi) is 4.74. The number of piperazine rings is 1. The highest BCUT2D eigenvalue weighted by atomic mass is 16.5. The number of aryl methyl sites for hydroxylation is 1. The average molecular weight is 343 g/mol. The van der Waals surface area contributed by atoms with Crippen LogP contribution in [-0.4, -0.2) is 53.5 Å². The van der Waals surface area contributed by atoms with Crippen molar-refractivity contribution in [1.29, 1.82) is 0 Å². The van der Waals surface area contributed by atoms with E-state index in [0.29, 0.717) is 31.1 Å². The maximum absolute atomic E-state index is 12.9. The van der Waals surface area contributed by atoms with Crippen LogP contribution in [0.2, 0.25) is 0 Å². The number of nitrogens with zero attached hydrogens (tertiary/aromatic N) is 3. The zero-order valence-corrected chi connectivity index (χ0v) is 14.6. The fourth-order valence-corrected chi connectivity index (χ4v) is 3.13. The summed E-state index contributed by atoms with van der Waals surface area (Å²) in [4.78, 5) is 28.3. The number of rotatable bonds is 3. The molecule has 2 aromatic rings. The van der Waals surface area contributed by atoms with E-state index in [-0.39, 0.29) is 23.6 Å². The molecule has 0 unspecified atom stereocenters. The second-order valence-electron chi connectivity index (χ2n) is 6.04. The standard InChI is InChI=1S/C18H21N3O4/c1-12-10-15(19-25-12)18(23)21-9-8-20(13(2)22)11-16(21)14-6-4-5-7-17(14)24-3/h4-7,10,16H,8-9,11H2,1-3H3/t16-/m0/s1. The molecule has 0 aliphatic carbocycles. The van der Waals surface area contributed by atoms with E-state index in [1.807, 2.05) is 24.3 Å². The molecule has 7 nitrogen and oxygen atoms in total. The highest BCUT2D eigenvalue weighted by Crippen LogP contribution is 2.33. The molecule has 7 heteroatoms. The van der Waals surface area contributed by atoms with E-state index in [4.69, 9.17) is 9.26 Å². The van der Waals surface area contributed by atoms with Crippen molar-refractivity contribution in [3.05, 3.63) is 47.3 Å². The van der Waals surface area contributed by atoms with Crippen LogP contribution in [0.3, 0.4) is 0 Å². The largest absolute Gasteiger partial charge is 0.496 e. The van der Waals surface area contributed by atoms with Crippen molar-refractivity contribution in [2.24, 2.45) is 0 Å². The summed E-state index contributed by atoms with van der Waals surface area (Å²) in [6, 6.07) is 8.86. The summed E-state index contributed by atoms with van der Waals surface area (Å²) < 4.78 is 10.5. The molecule has 132 valence electrons. The number of ether oxygens (including phenoxy) is 1. The van der Waals surface area contributed by atoms with Gasteiger partial charge in [0.05, 0.1) is 13.2 Å². The fraction of sp³-hybridized carbons (Fsp3) is 0.389. The molecular weight excluding hydrogens is 322 g/mol. The van der Waals surface area contributed by atoms with Crippen molar-refractivity contribution >= 4 is 11.8 Å². The maximum atomic E-state index is 12.9. The molecule has 0 N–H and O–H groups in total. The second-order valence-corrected chi connectivity index (χ2v) is 6.04. The van der Waals surface area contributed by atoms with Crippen LogP contribution in [0, 0.1) is 6.92 Å².